The number of aryl methyl sites for hydroxylation is 1. The molecule has 0 aliphatic rings. The van der Waals surface area contributed by atoms with E-state index in [1.165, 1.54) is 6.92 Å². The predicted molar refractivity (Wildman–Crippen MR) is 75.8 cm³/mol. The van der Waals surface area contributed by atoms with E-state index >= 15 is 0 Å². The van der Waals surface area contributed by atoms with Gasteiger partial charge in [0.1, 0.15) is 11.3 Å². The van der Waals surface area contributed by atoms with Crippen molar-refractivity contribution >= 4 is 22.6 Å². The predicted octanol–water partition coefficient (Wildman–Crippen LogP) is 4.63. The van der Waals surface area contributed by atoms with E-state index < -0.39 is 52.2 Å². The molecule has 0 saturated carbocycles. The average Bonchev–Trinajstić information content (AvgIpc) is 2.99. The number of fused-ring (bicyclic) bond motifs is 1. The minimum Gasteiger partial charge on any atom is -0.396 e. The molecular formula is C14H7ClF6N2O3. The fourth-order valence-electron chi connectivity index (χ4n) is 2.38. The van der Waals surface area contributed by atoms with Crippen molar-refractivity contribution in [1.82, 2.24) is 9.55 Å². The quantitative estimate of drug-likeness (QED) is 0.588. The van der Waals surface area contributed by atoms with Crippen LogP contribution in [-0.4, -0.2) is 9.55 Å². The minimum absolute atomic E-state index is 0.108. The van der Waals surface area contributed by atoms with Crippen LogP contribution in [0.4, 0.5) is 26.3 Å². The van der Waals surface area contributed by atoms with Crippen molar-refractivity contribution in [1.29, 1.82) is 0 Å². The maximum absolute atomic E-state index is 13.3. The van der Waals surface area contributed by atoms with Gasteiger partial charge < -0.3 is 13.4 Å². The zero-order chi connectivity index (χ0) is 19.4. The summed E-state index contributed by atoms with van der Waals surface area (Å²) >= 11 is 5.71. The van der Waals surface area contributed by atoms with Crippen LogP contribution in [0.1, 0.15) is 22.9 Å². The normalized spacial score (nSPS) is 12.9. The van der Waals surface area contributed by atoms with Gasteiger partial charge in [0.2, 0.25) is 5.82 Å². The molecule has 0 amide bonds. The van der Waals surface area contributed by atoms with Gasteiger partial charge in [0, 0.05) is 0 Å². The first-order valence-electron chi connectivity index (χ1n) is 6.81. The average molecular weight is 401 g/mol. The molecule has 0 unspecified atom stereocenters. The lowest BCUT2D eigenvalue weighted by Gasteiger charge is -2.11. The third-order valence-electron chi connectivity index (χ3n) is 3.53. The molecule has 26 heavy (non-hydrogen) atoms. The summed E-state index contributed by atoms with van der Waals surface area (Å²) in [6.45, 7) is 0.543. The minimum atomic E-state index is -4.99. The second-order valence-corrected chi connectivity index (χ2v) is 5.68. The highest BCUT2D eigenvalue weighted by molar-refractivity contribution is 6.35. The molecule has 0 fully saturated rings. The highest BCUT2D eigenvalue weighted by Gasteiger charge is 2.39. The lowest BCUT2D eigenvalue weighted by Crippen LogP contribution is -2.16. The van der Waals surface area contributed by atoms with Gasteiger partial charge in [0.05, 0.1) is 22.6 Å². The molecule has 0 atom stereocenters. The van der Waals surface area contributed by atoms with Gasteiger partial charge in [-0.05, 0) is 19.1 Å². The van der Waals surface area contributed by atoms with Crippen LogP contribution < -0.4 is 5.82 Å². The van der Waals surface area contributed by atoms with Crippen molar-refractivity contribution < 1.29 is 35.2 Å². The zero-order valence-electron chi connectivity index (χ0n) is 12.6. The molecule has 2 aromatic heterocycles. The van der Waals surface area contributed by atoms with Crippen LogP contribution in [0, 0.1) is 6.92 Å². The Morgan fingerprint density at radius 3 is 2.27 bits per heavy atom. The zero-order valence-corrected chi connectivity index (χ0v) is 13.4. The van der Waals surface area contributed by atoms with E-state index in [0.717, 1.165) is 0 Å². The van der Waals surface area contributed by atoms with Crippen LogP contribution in [0.2, 0.25) is 5.02 Å². The smallest absolute Gasteiger partial charge is 0.396 e. The Morgan fingerprint density at radius 2 is 1.77 bits per heavy atom. The summed E-state index contributed by atoms with van der Waals surface area (Å²) in [6.07, 6.45) is -9.82. The highest BCUT2D eigenvalue weighted by atomic mass is 35.5. The number of aromatic nitrogens is 2. The van der Waals surface area contributed by atoms with Crippen LogP contribution in [0.5, 0.6) is 0 Å². The Balaban J connectivity index is 2.31. The fourth-order valence-corrected chi connectivity index (χ4v) is 2.64. The lowest BCUT2D eigenvalue weighted by atomic mass is 10.2. The molecule has 3 rings (SSSR count). The van der Waals surface area contributed by atoms with E-state index in [1.54, 1.807) is 0 Å². The number of hydrogen-bond donors (Lipinski definition) is 0. The molecule has 12 heteroatoms. The Kier molecular flexibility index (Phi) is 4.09. The number of hydrogen-bond acceptors (Lipinski definition) is 4. The van der Waals surface area contributed by atoms with Crippen molar-refractivity contribution in [3.05, 3.63) is 50.7 Å². The van der Waals surface area contributed by atoms with E-state index in [4.69, 9.17) is 11.6 Å². The van der Waals surface area contributed by atoms with E-state index in [2.05, 4.69) is 13.8 Å². The summed E-state index contributed by atoms with van der Waals surface area (Å²) in [5, 5.41) is -0.593. The monoisotopic (exact) mass is 400 g/mol. The second-order valence-electron chi connectivity index (χ2n) is 5.28. The molecule has 140 valence electrons. The third-order valence-corrected chi connectivity index (χ3v) is 3.81. The molecular weight excluding hydrogens is 394 g/mol. The van der Waals surface area contributed by atoms with Crippen LogP contribution in [0.3, 0.4) is 0 Å². The number of benzene rings is 1. The first-order chi connectivity index (χ1) is 11.9. The molecule has 0 radical (unpaired) electrons. The molecule has 2 heterocycles. The third kappa shape index (κ3) is 3.18. The molecule has 0 spiro atoms. The summed E-state index contributed by atoms with van der Waals surface area (Å²) in [5.41, 5.74) is -2.22. The standard InChI is InChI=1S/C14H7ClF6N2O3/c1-5-9(26-12(24)25-5)4-23-8-3-6(13(16,17)18)2-7(15)10(8)22-11(23)14(19,20)21/h2-3H,4H2,1H3. The van der Waals surface area contributed by atoms with Gasteiger partial charge >= 0.3 is 18.2 Å². The highest BCUT2D eigenvalue weighted by Crippen LogP contribution is 2.38. The Labute approximate surface area is 144 Å². The van der Waals surface area contributed by atoms with Gasteiger partial charge in [-0.25, -0.2) is 9.78 Å². The van der Waals surface area contributed by atoms with E-state index in [-0.39, 0.29) is 11.5 Å². The van der Waals surface area contributed by atoms with Crippen molar-refractivity contribution in [3.8, 4) is 0 Å². The van der Waals surface area contributed by atoms with Crippen LogP contribution in [0.15, 0.2) is 25.8 Å². The number of alkyl halides is 6. The molecule has 3 aromatic rings. The first-order valence-corrected chi connectivity index (χ1v) is 7.19. The van der Waals surface area contributed by atoms with Crippen molar-refractivity contribution in [2.75, 3.05) is 0 Å². The second kappa shape index (κ2) is 5.79. The molecule has 0 aliphatic heterocycles. The summed E-state index contributed by atoms with van der Waals surface area (Å²) in [7, 11) is 0. The Bertz CT molecular complexity index is 1040. The molecule has 0 saturated heterocycles. The SMILES string of the molecule is Cc1oc(=O)oc1Cn1c(C(F)(F)F)nc2c(Cl)cc(C(F)(F)F)cc21. The lowest BCUT2D eigenvalue weighted by molar-refractivity contribution is -0.146. The van der Waals surface area contributed by atoms with E-state index in [9.17, 15) is 31.1 Å². The molecule has 0 aliphatic carbocycles. The number of rotatable bonds is 2. The Hall–Kier alpha value is -2.43. The first kappa shape index (κ1) is 18.4. The topological polar surface area (TPSA) is 61.2 Å². The van der Waals surface area contributed by atoms with E-state index in [1.807, 2.05) is 0 Å². The van der Waals surface area contributed by atoms with Crippen LogP contribution in [-0.2, 0) is 18.9 Å². The fraction of sp³-hybridized carbons (Fsp3) is 0.286. The van der Waals surface area contributed by atoms with Gasteiger partial charge in [-0.2, -0.15) is 26.3 Å². The summed E-state index contributed by atoms with van der Waals surface area (Å²) in [6, 6.07) is 0.988. The molecule has 0 N–H and O–H groups in total. The Morgan fingerprint density at radius 1 is 1.12 bits per heavy atom. The largest absolute Gasteiger partial charge is 0.519 e. The van der Waals surface area contributed by atoms with Crippen LogP contribution >= 0.6 is 11.6 Å². The van der Waals surface area contributed by atoms with Gasteiger partial charge in [0.15, 0.2) is 5.76 Å². The van der Waals surface area contributed by atoms with Crippen molar-refractivity contribution in [2.24, 2.45) is 0 Å². The number of imidazole rings is 1. The number of nitrogens with zero attached hydrogens (tertiary/aromatic N) is 2. The van der Waals surface area contributed by atoms with Crippen molar-refractivity contribution in [2.45, 2.75) is 25.8 Å². The summed E-state index contributed by atoms with van der Waals surface area (Å²) in [5.74, 6) is -3.03. The maximum atomic E-state index is 13.3. The van der Waals surface area contributed by atoms with E-state index in [0.29, 0.717) is 16.7 Å². The molecule has 0 bridgehead atoms. The van der Waals surface area contributed by atoms with Crippen LogP contribution in [0.25, 0.3) is 11.0 Å². The maximum Gasteiger partial charge on any atom is 0.519 e. The van der Waals surface area contributed by atoms with Gasteiger partial charge in [0.25, 0.3) is 0 Å². The van der Waals surface area contributed by atoms with Gasteiger partial charge in [-0.1, -0.05) is 11.6 Å². The summed E-state index contributed by atoms with van der Waals surface area (Å²) < 4.78 is 88.5. The van der Waals surface area contributed by atoms with Crippen molar-refractivity contribution in [3.63, 3.8) is 0 Å². The molecule has 1 aromatic carbocycles. The molecule has 5 nitrogen and oxygen atoms in total. The van der Waals surface area contributed by atoms with Gasteiger partial charge in [-0.3, -0.25) is 0 Å². The number of halogens is 7. The van der Waals surface area contributed by atoms with Gasteiger partial charge in [-0.15, -0.1) is 0 Å². The summed E-state index contributed by atoms with van der Waals surface area (Å²) in [4.78, 5) is 14.4.